The van der Waals surface area contributed by atoms with Gasteiger partial charge in [0, 0.05) is 0 Å². The average Bonchev–Trinajstić information content (AvgIpc) is 2.69. The Labute approximate surface area is 174 Å². The van der Waals surface area contributed by atoms with Gasteiger partial charge in [0.15, 0.2) is 0 Å². The number of unbranched alkanes of at least 4 members (excludes halogenated alkanes) is 5. The summed E-state index contributed by atoms with van der Waals surface area (Å²) >= 11 is -2.72. The summed E-state index contributed by atoms with van der Waals surface area (Å²) in [5.74, 6) is 0.00687. The zero-order valence-corrected chi connectivity index (χ0v) is 18.9. The van der Waals surface area contributed by atoms with E-state index in [1.165, 1.54) is 18.6 Å². The molecule has 0 spiro atoms. The van der Waals surface area contributed by atoms with Gasteiger partial charge in [0.2, 0.25) is 0 Å². The van der Waals surface area contributed by atoms with Gasteiger partial charge < -0.3 is 0 Å². The van der Waals surface area contributed by atoms with Crippen LogP contribution in [0.5, 0.6) is 0 Å². The van der Waals surface area contributed by atoms with Crippen LogP contribution in [0.3, 0.4) is 0 Å². The molecule has 0 aliphatic rings. The molecule has 0 radical (unpaired) electrons. The van der Waals surface area contributed by atoms with Crippen molar-refractivity contribution in [1.29, 1.82) is 0 Å². The molecule has 0 saturated heterocycles. The van der Waals surface area contributed by atoms with Crippen molar-refractivity contribution in [3.05, 3.63) is 71.9 Å². The Hall–Kier alpha value is -1.52. The number of non-ortho nitro benzene ring substituents is 1. The van der Waals surface area contributed by atoms with E-state index in [1.54, 1.807) is 12.1 Å². The molecule has 0 fully saturated rings. The van der Waals surface area contributed by atoms with E-state index in [2.05, 4.69) is 6.92 Å². The second-order valence-electron chi connectivity index (χ2n) is 6.37. The fourth-order valence-corrected chi connectivity index (χ4v) is 9.78. The summed E-state index contributed by atoms with van der Waals surface area (Å²) in [7, 11) is -3.66. The minimum absolute atomic E-state index is 0.00687. The number of rotatable bonds is 12. The third-order valence-electron chi connectivity index (χ3n) is 4.07. The number of nitro benzene ring substituents is 1. The standard InChI is InChI=1S/C20H26INO5S/c1-2-3-4-5-6-10-17-28(25,26)27-21(18-11-8-7-9-12-18)19-13-15-20(16-14-19)22(23)24/h7-9,11-16H,2-6,10,17H2,1H3. The quantitative estimate of drug-likeness (QED) is 0.154. The third-order valence-corrected chi connectivity index (χ3v) is 11.6. The molecule has 0 aliphatic carbocycles. The Morgan fingerprint density at radius 3 is 2.07 bits per heavy atom. The van der Waals surface area contributed by atoms with E-state index in [-0.39, 0.29) is 11.4 Å². The minimum atomic E-state index is -3.66. The van der Waals surface area contributed by atoms with Gasteiger partial charge in [0.05, 0.1) is 0 Å². The van der Waals surface area contributed by atoms with Gasteiger partial charge in [0.1, 0.15) is 0 Å². The predicted octanol–water partition coefficient (Wildman–Crippen LogP) is 5.76. The molecule has 0 saturated carbocycles. The van der Waals surface area contributed by atoms with E-state index in [9.17, 15) is 18.5 Å². The van der Waals surface area contributed by atoms with Gasteiger partial charge in [0.25, 0.3) is 0 Å². The molecule has 2 aromatic carbocycles. The number of benzene rings is 2. The van der Waals surface area contributed by atoms with Gasteiger partial charge in [-0.15, -0.1) is 0 Å². The topological polar surface area (TPSA) is 86.5 Å². The van der Waals surface area contributed by atoms with E-state index >= 15 is 0 Å². The number of hydrogen-bond donors (Lipinski definition) is 0. The Kier molecular flexibility index (Phi) is 9.33. The first kappa shape index (κ1) is 22.8. The second-order valence-corrected chi connectivity index (χ2v) is 13.0. The summed E-state index contributed by atoms with van der Waals surface area (Å²) in [5.41, 5.74) is -0.0254. The summed E-state index contributed by atoms with van der Waals surface area (Å²) in [5, 5.41) is 10.9. The number of hydrogen-bond acceptors (Lipinski definition) is 5. The van der Waals surface area contributed by atoms with Crippen LogP contribution in [0.2, 0.25) is 0 Å². The molecule has 0 unspecified atom stereocenters. The molecule has 28 heavy (non-hydrogen) atoms. The molecule has 0 aromatic heterocycles. The second kappa shape index (κ2) is 11.5. The molecule has 0 N–H and O–H groups in total. The van der Waals surface area contributed by atoms with Crippen LogP contribution in [0.1, 0.15) is 45.4 Å². The normalized spacial score (nSPS) is 12.0. The van der Waals surface area contributed by atoms with Crippen LogP contribution in [-0.2, 0) is 12.6 Å². The Balaban J connectivity index is 2.11. The molecule has 2 aromatic rings. The maximum absolute atomic E-state index is 12.6. The van der Waals surface area contributed by atoms with Gasteiger partial charge in [-0.2, -0.15) is 0 Å². The zero-order chi connectivity index (χ0) is 20.4. The van der Waals surface area contributed by atoms with Crippen LogP contribution in [0.25, 0.3) is 0 Å². The summed E-state index contributed by atoms with van der Waals surface area (Å²) in [6, 6.07) is 15.3. The molecule has 6 nitrogen and oxygen atoms in total. The summed E-state index contributed by atoms with van der Waals surface area (Å²) in [6.45, 7) is 2.14. The van der Waals surface area contributed by atoms with Gasteiger partial charge >= 0.3 is 175 Å². The van der Waals surface area contributed by atoms with Crippen LogP contribution >= 0.6 is 20.2 Å². The van der Waals surface area contributed by atoms with E-state index < -0.39 is 35.3 Å². The maximum atomic E-state index is 12.6. The van der Waals surface area contributed by atoms with Crippen LogP contribution < -0.4 is 0 Å². The Bertz CT molecular complexity index is 841. The Morgan fingerprint density at radius 2 is 1.46 bits per heavy atom. The molecular weight excluding hydrogens is 493 g/mol. The molecule has 154 valence electrons. The summed E-state index contributed by atoms with van der Waals surface area (Å²) in [6.07, 6.45) is 5.95. The van der Waals surface area contributed by atoms with Crippen molar-refractivity contribution < 1.29 is 15.9 Å². The molecule has 0 heterocycles. The van der Waals surface area contributed by atoms with Crippen LogP contribution in [0, 0.1) is 17.3 Å². The van der Waals surface area contributed by atoms with Crippen molar-refractivity contribution in [3.63, 3.8) is 0 Å². The van der Waals surface area contributed by atoms with Crippen molar-refractivity contribution in [3.8, 4) is 0 Å². The van der Waals surface area contributed by atoms with E-state index in [4.69, 9.17) is 2.51 Å². The average molecular weight is 519 g/mol. The van der Waals surface area contributed by atoms with Crippen molar-refractivity contribution in [2.45, 2.75) is 45.4 Å². The molecule has 0 atom stereocenters. The molecule has 0 bridgehead atoms. The van der Waals surface area contributed by atoms with Crippen LogP contribution in [0.15, 0.2) is 54.6 Å². The molecule has 8 heteroatoms. The van der Waals surface area contributed by atoms with Crippen LogP contribution in [-0.4, -0.2) is 19.1 Å². The van der Waals surface area contributed by atoms with Crippen molar-refractivity contribution in [2.24, 2.45) is 0 Å². The van der Waals surface area contributed by atoms with Gasteiger partial charge in [-0.3, -0.25) is 0 Å². The van der Waals surface area contributed by atoms with Crippen molar-refractivity contribution in [1.82, 2.24) is 0 Å². The number of nitro groups is 1. The van der Waals surface area contributed by atoms with E-state index in [0.29, 0.717) is 9.99 Å². The molecular formula is C20H26INO5S. The SMILES string of the molecule is CCCCCCCCS(=O)(=O)OI(c1ccccc1)c1ccc([N+](=O)[O-])cc1. The molecule has 0 aliphatic heterocycles. The first-order valence-electron chi connectivity index (χ1n) is 9.35. The first-order valence-corrected chi connectivity index (χ1v) is 14.0. The van der Waals surface area contributed by atoms with Gasteiger partial charge in [-0.25, -0.2) is 0 Å². The predicted molar refractivity (Wildman–Crippen MR) is 119 cm³/mol. The number of nitrogens with zero attached hydrogens (tertiary/aromatic N) is 1. The van der Waals surface area contributed by atoms with E-state index in [1.807, 2.05) is 30.3 Å². The van der Waals surface area contributed by atoms with Crippen molar-refractivity contribution in [2.75, 3.05) is 5.75 Å². The van der Waals surface area contributed by atoms with Gasteiger partial charge in [-0.1, -0.05) is 0 Å². The fraction of sp³-hybridized carbons (Fsp3) is 0.400. The fourth-order valence-electron chi connectivity index (χ4n) is 2.59. The van der Waals surface area contributed by atoms with Gasteiger partial charge in [-0.05, 0) is 0 Å². The monoisotopic (exact) mass is 519 g/mol. The van der Waals surface area contributed by atoms with Crippen molar-refractivity contribution >= 4 is 36.0 Å². The summed E-state index contributed by atoms with van der Waals surface area (Å²) in [4.78, 5) is 10.4. The third kappa shape index (κ3) is 7.48. The van der Waals surface area contributed by atoms with E-state index in [0.717, 1.165) is 29.3 Å². The zero-order valence-electron chi connectivity index (χ0n) is 15.9. The molecule has 2 rings (SSSR count). The molecule has 0 amide bonds. The van der Waals surface area contributed by atoms with Crippen LogP contribution in [0.4, 0.5) is 5.69 Å². The number of halogens is 1. The first-order chi connectivity index (χ1) is 13.4. The Morgan fingerprint density at radius 1 is 0.893 bits per heavy atom. The summed E-state index contributed by atoms with van der Waals surface area (Å²) < 4.78 is 32.4.